The van der Waals surface area contributed by atoms with Crippen LogP contribution in [-0.4, -0.2) is 42.0 Å². The molecule has 0 aliphatic carbocycles. The predicted molar refractivity (Wildman–Crippen MR) is 131 cm³/mol. The van der Waals surface area contributed by atoms with Gasteiger partial charge in [-0.05, 0) is 31.5 Å². The SMILES string of the molecule is COC(=O)C1=C(C)N=C(C)C(C(=O)OC)C1c1ccccc1-c1nc(-c2ccccc2O)cs1. The van der Waals surface area contributed by atoms with Gasteiger partial charge in [0.25, 0.3) is 0 Å². The van der Waals surface area contributed by atoms with Crippen molar-refractivity contribution in [1.82, 2.24) is 4.98 Å². The quantitative estimate of drug-likeness (QED) is 0.522. The molecule has 2 unspecified atom stereocenters. The van der Waals surface area contributed by atoms with Crippen molar-refractivity contribution in [1.29, 1.82) is 0 Å². The molecule has 0 amide bonds. The average molecular weight is 477 g/mol. The van der Waals surface area contributed by atoms with E-state index in [2.05, 4.69) is 4.99 Å². The number of aromatic nitrogens is 1. The number of para-hydroxylation sites is 1. The highest BCUT2D eigenvalue weighted by molar-refractivity contribution is 7.13. The van der Waals surface area contributed by atoms with E-state index < -0.39 is 23.8 Å². The Kier molecular flexibility index (Phi) is 6.61. The second-order valence-electron chi connectivity index (χ2n) is 7.86. The van der Waals surface area contributed by atoms with Gasteiger partial charge in [0.1, 0.15) is 16.7 Å². The zero-order valence-electron chi connectivity index (χ0n) is 19.2. The first-order valence-electron chi connectivity index (χ1n) is 10.6. The number of carbonyl (C=O) groups excluding carboxylic acids is 2. The summed E-state index contributed by atoms with van der Waals surface area (Å²) in [6, 6.07) is 14.5. The maximum Gasteiger partial charge on any atom is 0.336 e. The van der Waals surface area contributed by atoms with Gasteiger partial charge < -0.3 is 14.6 Å². The Morgan fingerprint density at radius 3 is 2.32 bits per heavy atom. The van der Waals surface area contributed by atoms with E-state index in [1.54, 1.807) is 32.0 Å². The van der Waals surface area contributed by atoms with Crippen LogP contribution in [0.3, 0.4) is 0 Å². The van der Waals surface area contributed by atoms with Crippen molar-refractivity contribution >= 4 is 29.0 Å². The summed E-state index contributed by atoms with van der Waals surface area (Å²) in [4.78, 5) is 35.0. The largest absolute Gasteiger partial charge is 0.507 e. The molecule has 1 aliphatic rings. The van der Waals surface area contributed by atoms with Gasteiger partial charge in [-0.2, -0.15) is 0 Å². The Balaban J connectivity index is 1.89. The molecule has 0 spiro atoms. The van der Waals surface area contributed by atoms with E-state index in [-0.39, 0.29) is 5.75 Å². The van der Waals surface area contributed by atoms with Gasteiger partial charge in [-0.15, -0.1) is 11.3 Å². The van der Waals surface area contributed by atoms with Crippen molar-refractivity contribution in [3.05, 3.63) is 70.7 Å². The third kappa shape index (κ3) is 4.12. The molecule has 8 heteroatoms. The summed E-state index contributed by atoms with van der Waals surface area (Å²) in [5, 5.41) is 12.8. The zero-order valence-corrected chi connectivity index (χ0v) is 20.1. The second-order valence-corrected chi connectivity index (χ2v) is 8.72. The number of methoxy groups -OCH3 is 2. The van der Waals surface area contributed by atoms with E-state index in [4.69, 9.17) is 14.5 Å². The van der Waals surface area contributed by atoms with Crippen LogP contribution in [0.4, 0.5) is 0 Å². The highest BCUT2D eigenvalue weighted by Gasteiger charge is 2.43. The summed E-state index contributed by atoms with van der Waals surface area (Å²) < 4.78 is 10.2. The van der Waals surface area contributed by atoms with E-state index in [0.29, 0.717) is 33.2 Å². The number of carbonyl (C=O) groups is 2. The predicted octanol–water partition coefficient (Wildman–Crippen LogP) is 4.98. The molecule has 1 N–H and O–H groups in total. The number of aliphatic imine (C=N–C) groups is 1. The van der Waals surface area contributed by atoms with Crippen LogP contribution in [0, 0.1) is 5.92 Å². The number of benzene rings is 2. The first-order chi connectivity index (χ1) is 16.4. The van der Waals surface area contributed by atoms with Crippen molar-refractivity contribution in [2.45, 2.75) is 19.8 Å². The van der Waals surface area contributed by atoms with Crippen molar-refractivity contribution in [3.8, 4) is 27.6 Å². The van der Waals surface area contributed by atoms with Gasteiger partial charge in [-0.25, -0.2) is 9.78 Å². The molecule has 3 aromatic rings. The maximum absolute atomic E-state index is 12.9. The number of ether oxygens (including phenoxy) is 2. The van der Waals surface area contributed by atoms with Gasteiger partial charge in [-0.1, -0.05) is 36.4 Å². The molecule has 0 radical (unpaired) electrons. The molecule has 0 fully saturated rings. The van der Waals surface area contributed by atoms with Crippen LogP contribution in [-0.2, 0) is 19.1 Å². The minimum Gasteiger partial charge on any atom is -0.507 e. The third-order valence-corrected chi connectivity index (χ3v) is 6.77. The van der Waals surface area contributed by atoms with E-state index in [1.165, 1.54) is 25.6 Å². The second kappa shape index (κ2) is 9.61. The van der Waals surface area contributed by atoms with E-state index >= 15 is 0 Å². The molecule has 7 nitrogen and oxygen atoms in total. The highest BCUT2D eigenvalue weighted by Crippen LogP contribution is 2.44. The molecule has 0 saturated carbocycles. The Hall–Kier alpha value is -3.78. The summed E-state index contributed by atoms with van der Waals surface area (Å²) in [6.07, 6.45) is 0. The molecular formula is C26H24N2O5S. The molecule has 2 aromatic carbocycles. The van der Waals surface area contributed by atoms with Crippen molar-refractivity contribution < 1.29 is 24.2 Å². The Bertz CT molecular complexity index is 1320. The molecule has 2 atom stereocenters. The number of hydrogen-bond acceptors (Lipinski definition) is 8. The number of allylic oxidation sites excluding steroid dienone is 1. The lowest BCUT2D eigenvalue weighted by Crippen LogP contribution is -2.36. The van der Waals surface area contributed by atoms with Gasteiger partial charge in [0.05, 0.1) is 25.5 Å². The van der Waals surface area contributed by atoms with Gasteiger partial charge in [0.2, 0.25) is 0 Å². The molecule has 2 heterocycles. The van der Waals surface area contributed by atoms with Crippen molar-refractivity contribution in [2.75, 3.05) is 14.2 Å². The highest BCUT2D eigenvalue weighted by atomic mass is 32.1. The van der Waals surface area contributed by atoms with Crippen LogP contribution in [0.1, 0.15) is 25.3 Å². The summed E-state index contributed by atoms with van der Waals surface area (Å²) in [5.74, 6) is -2.34. The number of phenols is 1. The van der Waals surface area contributed by atoms with E-state index in [1.807, 2.05) is 35.7 Å². The van der Waals surface area contributed by atoms with Gasteiger partial charge >= 0.3 is 11.9 Å². The number of phenolic OH excluding ortho intramolecular Hbond substituents is 1. The number of thiazole rings is 1. The first kappa shape index (κ1) is 23.4. The Labute approximate surface area is 201 Å². The number of esters is 2. The lowest BCUT2D eigenvalue weighted by atomic mass is 9.74. The zero-order chi connectivity index (χ0) is 24.4. The number of rotatable bonds is 5. The average Bonchev–Trinajstić information content (AvgIpc) is 3.33. The Morgan fingerprint density at radius 1 is 0.971 bits per heavy atom. The maximum atomic E-state index is 12.9. The Morgan fingerprint density at radius 2 is 1.65 bits per heavy atom. The monoisotopic (exact) mass is 476 g/mol. The lowest BCUT2D eigenvalue weighted by molar-refractivity contribution is -0.143. The third-order valence-electron chi connectivity index (χ3n) is 5.90. The summed E-state index contributed by atoms with van der Waals surface area (Å²) in [7, 11) is 2.63. The smallest absolute Gasteiger partial charge is 0.336 e. The van der Waals surface area contributed by atoms with Gasteiger partial charge in [-0.3, -0.25) is 9.79 Å². The van der Waals surface area contributed by atoms with Crippen LogP contribution in [0.5, 0.6) is 5.75 Å². The molecule has 1 aliphatic heterocycles. The van der Waals surface area contributed by atoms with Crippen LogP contribution in [0.15, 0.2) is 70.2 Å². The molecule has 1 aromatic heterocycles. The van der Waals surface area contributed by atoms with Crippen molar-refractivity contribution in [2.24, 2.45) is 10.9 Å². The molecule has 0 bridgehead atoms. The molecule has 0 saturated heterocycles. The van der Waals surface area contributed by atoms with Gasteiger partial charge in [0, 0.05) is 33.8 Å². The fraction of sp³-hybridized carbons (Fsp3) is 0.231. The fourth-order valence-corrected chi connectivity index (χ4v) is 5.22. The molecular weight excluding hydrogens is 452 g/mol. The van der Waals surface area contributed by atoms with Gasteiger partial charge in [0.15, 0.2) is 0 Å². The standard InChI is InChI=1S/C26H24N2O5S/c1-14-21(25(30)32-3)23(22(15(2)27-14)26(31)33-4)16-9-5-6-10-17(16)24-28-19(13-34-24)18-11-7-8-12-20(18)29/h5-13,21,23,29H,1-4H3. The summed E-state index contributed by atoms with van der Waals surface area (Å²) >= 11 is 1.42. The van der Waals surface area contributed by atoms with Crippen molar-refractivity contribution in [3.63, 3.8) is 0 Å². The molecule has 34 heavy (non-hydrogen) atoms. The van der Waals surface area contributed by atoms with Crippen LogP contribution in [0.2, 0.25) is 0 Å². The normalized spacial score (nSPS) is 17.8. The van der Waals surface area contributed by atoms with E-state index in [9.17, 15) is 14.7 Å². The number of hydrogen-bond donors (Lipinski definition) is 1. The number of nitrogens with zero attached hydrogens (tertiary/aromatic N) is 2. The van der Waals surface area contributed by atoms with Crippen LogP contribution >= 0.6 is 11.3 Å². The lowest BCUT2D eigenvalue weighted by Gasteiger charge is -2.32. The topological polar surface area (TPSA) is 98.1 Å². The minimum atomic E-state index is -0.790. The summed E-state index contributed by atoms with van der Waals surface area (Å²) in [5.41, 5.74) is 4.15. The molecule has 174 valence electrons. The van der Waals surface area contributed by atoms with E-state index in [0.717, 1.165) is 11.1 Å². The number of aromatic hydroxyl groups is 1. The molecule has 4 rings (SSSR count). The minimum absolute atomic E-state index is 0.143. The fourth-order valence-electron chi connectivity index (χ4n) is 4.35. The first-order valence-corrected chi connectivity index (χ1v) is 11.5. The van der Waals surface area contributed by atoms with Crippen LogP contribution < -0.4 is 0 Å². The van der Waals surface area contributed by atoms with Crippen LogP contribution in [0.25, 0.3) is 21.8 Å². The summed E-state index contributed by atoms with van der Waals surface area (Å²) in [6.45, 7) is 3.49.